The number of unbranched alkanes of at least 4 members (excludes halogenated alkanes) is 1. The molecule has 2 heterocycles. The first-order valence-corrected chi connectivity index (χ1v) is 14.1. The number of aliphatic hydroxyl groups is 1. The maximum Gasteiger partial charge on any atom is 0.301 e. The van der Waals surface area contributed by atoms with Crippen molar-refractivity contribution in [1.29, 1.82) is 0 Å². The fourth-order valence-corrected chi connectivity index (χ4v) is 5.54. The Morgan fingerprint density at radius 3 is 2.50 bits per heavy atom. The van der Waals surface area contributed by atoms with Crippen molar-refractivity contribution in [2.24, 2.45) is 0 Å². The van der Waals surface area contributed by atoms with E-state index in [1.165, 1.54) is 23.1 Å². The predicted molar refractivity (Wildman–Crippen MR) is 153 cm³/mol. The van der Waals surface area contributed by atoms with E-state index in [1.807, 2.05) is 6.92 Å². The van der Waals surface area contributed by atoms with Crippen LogP contribution in [0, 0.1) is 5.82 Å². The van der Waals surface area contributed by atoms with E-state index in [1.54, 1.807) is 48.5 Å². The van der Waals surface area contributed by atoms with Gasteiger partial charge in [-0.25, -0.2) is 9.37 Å². The minimum absolute atomic E-state index is 0.0663. The molecule has 9 heteroatoms. The van der Waals surface area contributed by atoms with Crippen LogP contribution in [0.1, 0.15) is 50.3 Å². The molecule has 7 nitrogen and oxygen atoms in total. The largest absolute Gasteiger partial charge is 0.507 e. The molecule has 1 aliphatic rings. The first kappa shape index (κ1) is 27.3. The Bertz CT molecular complexity index is 1580. The number of nitrogens with zero attached hydrogens (tertiary/aromatic N) is 2. The minimum Gasteiger partial charge on any atom is -0.507 e. The van der Waals surface area contributed by atoms with E-state index < -0.39 is 23.5 Å². The Hall–Kier alpha value is -4.24. The Kier molecular flexibility index (Phi) is 8.11. The second-order valence-electron chi connectivity index (χ2n) is 9.42. The number of fused-ring (bicyclic) bond motifs is 1. The van der Waals surface area contributed by atoms with Gasteiger partial charge in [-0.2, -0.15) is 0 Å². The zero-order valence-electron chi connectivity index (χ0n) is 22.2. The van der Waals surface area contributed by atoms with Crippen molar-refractivity contribution >= 4 is 44.1 Å². The van der Waals surface area contributed by atoms with Crippen molar-refractivity contribution in [3.8, 4) is 11.5 Å². The summed E-state index contributed by atoms with van der Waals surface area (Å²) in [6, 6.07) is 17.1. The number of ketones is 1. The van der Waals surface area contributed by atoms with Gasteiger partial charge >= 0.3 is 5.91 Å². The fraction of sp³-hybridized carbons (Fsp3) is 0.258. The Labute approximate surface area is 235 Å². The third-order valence-corrected chi connectivity index (χ3v) is 7.55. The third kappa shape index (κ3) is 5.42. The van der Waals surface area contributed by atoms with Crippen molar-refractivity contribution in [1.82, 2.24) is 4.98 Å². The van der Waals surface area contributed by atoms with Crippen LogP contribution in [0.5, 0.6) is 11.5 Å². The first-order chi connectivity index (χ1) is 19.4. The fourth-order valence-electron chi connectivity index (χ4n) is 4.52. The SMILES string of the molecule is CCCCOc1cccc(C(O)=C2C(=O)C(=O)N(c3nc4ccc(F)cc4s3)C2c2ccc(OCCC)cc2)c1. The molecule has 1 N–H and O–H groups in total. The van der Waals surface area contributed by atoms with Gasteiger partial charge in [0, 0.05) is 5.56 Å². The first-order valence-electron chi connectivity index (χ1n) is 13.2. The van der Waals surface area contributed by atoms with Crippen LogP contribution in [0.4, 0.5) is 9.52 Å². The number of hydrogen-bond donors (Lipinski definition) is 1. The number of amides is 1. The predicted octanol–water partition coefficient (Wildman–Crippen LogP) is 7.03. The number of carbonyl (C=O) groups excluding carboxylic acids is 2. The molecule has 0 spiro atoms. The van der Waals surface area contributed by atoms with E-state index in [-0.39, 0.29) is 16.5 Å². The molecular formula is C31H29FN2O5S. The molecule has 0 saturated carbocycles. The second kappa shape index (κ2) is 11.9. The highest BCUT2D eigenvalue weighted by atomic mass is 32.1. The highest BCUT2D eigenvalue weighted by Crippen LogP contribution is 2.44. The quantitative estimate of drug-likeness (QED) is 0.0970. The lowest BCUT2D eigenvalue weighted by Crippen LogP contribution is -2.29. The van der Waals surface area contributed by atoms with Gasteiger partial charge in [-0.3, -0.25) is 14.5 Å². The number of aliphatic hydroxyl groups excluding tert-OH is 1. The van der Waals surface area contributed by atoms with Crippen LogP contribution < -0.4 is 14.4 Å². The van der Waals surface area contributed by atoms with E-state index in [0.717, 1.165) is 30.6 Å². The monoisotopic (exact) mass is 560 g/mol. The summed E-state index contributed by atoms with van der Waals surface area (Å²) >= 11 is 1.10. The molecular weight excluding hydrogens is 531 g/mol. The number of aromatic nitrogens is 1. The van der Waals surface area contributed by atoms with Crippen LogP contribution in [0.2, 0.25) is 0 Å². The van der Waals surface area contributed by atoms with Gasteiger partial charge < -0.3 is 14.6 Å². The molecule has 3 aromatic carbocycles. The summed E-state index contributed by atoms with van der Waals surface area (Å²) in [4.78, 5) is 32.8. The Balaban J connectivity index is 1.62. The average Bonchev–Trinajstić information content (AvgIpc) is 3.49. The van der Waals surface area contributed by atoms with Gasteiger partial charge in [0.1, 0.15) is 23.1 Å². The van der Waals surface area contributed by atoms with Crippen molar-refractivity contribution < 1.29 is 28.6 Å². The number of benzene rings is 3. The molecule has 4 aromatic rings. The Morgan fingerprint density at radius 2 is 1.75 bits per heavy atom. The van der Waals surface area contributed by atoms with Crippen LogP contribution >= 0.6 is 11.3 Å². The van der Waals surface area contributed by atoms with E-state index >= 15 is 0 Å². The van der Waals surface area contributed by atoms with Crippen molar-refractivity contribution in [2.45, 2.75) is 39.2 Å². The number of ether oxygens (including phenoxy) is 2. The Morgan fingerprint density at radius 1 is 0.975 bits per heavy atom. The lowest BCUT2D eigenvalue weighted by atomic mass is 9.95. The summed E-state index contributed by atoms with van der Waals surface area (Å²) in [6.07, 6.45) is 2.70. The van der Waals surface area contributed by atoms with Crippen molar-refractivity contribution in [3.05, 3.63) is 89.2 Å². The van der Waals surface area contributed by atoms with Crippen LogP contribution in [0.25, 0.3) is 16.0 Å². The maximum atomic E-state index is 13.9. The summed E-state index contributed by atoms with van der Waals surface area (Å²) in [5.74, 6) is -1.21. The summed E-state index contributed by atoms with van der Waals surface area (Å²) in [5, 5.41) is 11.7. The summed E-state index contributed by atoms with van der Waals surface area (Å²) < 4.78 is 25.9. The molecule has 1 aromatic heterocycles. The van der Waals surface area contributed by atoms with Gasteiger partial charge in [-0.1, -0.05) is 55.9 Å². The van der Waals surface area contributed by atoms with Crippen LogP contribution in [-0.2, 0) is 9.59 Å². The lowest BCUT2D eigenvalue weighted by Gasteiger charge is -2.23. The van der Waals surface area contributed by atoms with Gasteiger partial charge in [-0.15, -0.1) is 0 Å². The smallest absolute Gasteiger partial charge is 0.301 e. The number of carbonyl (C=O) groups is 2. The van der Waals surface area contributed by atoms with Gasteiger partial charge in [0.25, 0.3) is 5.78 Å². The topological polar surface area (TPSA) is 89.0 Å². The molecule has 1 saturated heterocycles. The molecule has 1 amide bonds. The molecule has 1 unspecified atom stereocenters. The third-order valence-electron chi connectivity index (χ3n) is 6.53. The molecule has 1 fully saturated rings. The highest BCUT2D eigenvalue weighted by molar-refractivity contribution is 7.22. The number of anilines is 1. The molecule has 0 bridgehead atoms. The van der Waals surface area contributed by atoms with Crippen LogP contribution in [0.15, 0.2) is 72.3 Å². The molecule has 0 radical (unpaired) electrons. The van der Waals surface area contributed by atoms with E-state index in [4.69, 9.17) is 9.47 Å². The molecule has 5 rings (SSSR count). The zero-order chi connectivity index (χ0) is 28.2. The summed E-state index contributed by atoms with van der Waals surface area (Å²) in [6.45, 7) is 5.15. The molecule has 206 valence electrons. The van der Waals surface area contributed by atoms with E-state index in [9.17, 15) is 19.1 Å². The summed E-state index contributed by atoms with van der Waals surface area (Å²) in [5.41, 5.74) is 1.38. The molecule has 40 heavy (non-hydrogen) atoms. The minimum atomic E-state index is -0.963. The molecule has 1 atom stereocenters. The van der Waals surface area contributed by atoms with Gasteiger partial charge in [0.2, 0.25) is 0 Å². The van der Waals surface area contributed by atoms with Gasteiger partial charge in [0.15, 0.2) is 5.13 Å². The number of hydrogen-bond acceptors (Lipinski definition) is 7. The highest BCUT2D eigenvalue weighted by Gasteiger charge is 2.48. The average molecular weight is 561 g/mol. The van der Waals surface area contributed by atoms with E-state index in [0.29, 0.717) is 46.1 Å². The second-order valence-corrected chi connectivity index (χ2v) is 10.4. The number of halogens is 1. The molecule has 1 aliphatic heterocycles. The van der Waals surface area contributed by atoms with Gasteiger partial charge in [-0.05, 0) is 60.9 Å². The number of Topliss-reactive ketones (excluding diaryl/α,β-unsaturated/α-hetero) is 1. The molecule has 0 aliphatic carbocycles. The van der Waals surface area contributed by atoms with Gasteiger partial charge in [0.05, 0.1) is 35.0 Å². The summed E-state index contributed by atoms with van der Waals surface area (Å²) in [7, 11) is 0. The maximum absolute atomic E-state index is 13.9. The van der Waals surface area contributed by atoms with Crippen LogP contribution in [-0.4, -0.2) is 35.0 Å². The van der Waals surface area contributed by atoms with Crippen LogP contribution in [0.3, 0.4) is 0 Å². The van der Waals surface area contributed by atoms with E-state index in [2.05, 4.69) is 11.9 Å². The normalized spacial score (nSPS) is 16.6. The van der Waals surface area contributed by atoms with Crippen molar-refractivity contribution in [3.63, 3.8) is 0 Å². The number of thiazole rings is 1. The van der Waals surface area contributed by atoms with Crippen molar-refractivity contribution in [2.75, 3.05) is 18.1 Å². The standard InChI is InChI=1S/C31H29FN2O5S/c1-3-5-16-39-23-8-6-7-20(17-23)28(35)26-27(19-9-12-22(13-10-19)38-15-4-2)34(30(37)29(26)36)31-33-24-14-11-21(32)18-25(24)40-31/h6-14,17-18,27,35H,3-5,15-16H2,1-2H3. The lowest BCUT2D eigenvalue weighted by molar-refractivity contribution is -0.132. The zero-order valence-corrected chi connectivity index (χ0v) is 23.0. The number of rotatable bonds is 10.